The first-order chi connectivity index (χ1) is 9.86. The van der Waals surface area contributed by atoms with Crippen LogP contribution < -0.4 is 10.6 Å². The fourth-order valence-corrected chi connectivity index (χ4v) is 3.33. The van der Waals surface area contributed by atoms with E-state index in [-0.39, 0.29) is 41.2 Å². The number of hydrogen-bond acceptors (Lipinski definition) is 5. The molecule has 0 fully saturated rings. The highest BCUT2D eigenvalue weighted by Crippen LogP contribution is 2.27. The number of anilines is 1. The molecule has 0 saturated heterocycles. The zero-order chi connectivity index (χ0) is 16.0. The average molecular weight is 352 g/mol. The second-order valence-corrected chi connectivity index (χ2v) is 6.28. The minimum atomic E-state index is -3.63. The summed E-state index contributed by atoms with van der Waals surface area (Å²) in [5.41, 5.74) is 0.0727. The molecule has 0 atom stereocenters. The monoisotopic (exact) mass is 351 g/mol. The minimum Gasteiger partial charge on any atom is -0.506 e. The van der Waals surface area contributed by atoms with Crippen LogP contribution in [0.3, 0.4) is 0 Å². The number of carbonyl (C=O) groups is 1. The number of nitrogens with one attached hydrogen (secondary N) is 2. The highest BCUT2D eigenvalue weighted by molar-refractivity contribution is 7.89. The Hall–Kier alpha value is -1.35. The van der Waals surface area contributed by atoms with Crippen molar-refractivity contribution in [3.05, 3.63) is 18.2 Å². The van der Waals surface area contributed by atoms with E-state index in [1.807, 2.05) is 0 Å². The summed E-state index contributed by atoms with van der Waals surface area (Å²) in [5, 5.41) is 14.9. The molecule has 0 aliphatic rings. The Morgan fingerprint density at radius 1 is 1.27 bits per heavy atom. The molecular weight excluding hydrogens is 330 g/mol. The van der Waals surface area contributed by atoms with Crippen molar-refractivity contribution in [3.8, 4) is 5.75 Å². The van der Waals surface area contributed by atoms with E-state index in [1.54, 1.807) is 20.9 Å². The minimum absolute atomic E-state index is 0. The molecule has 0 heterocycles. The Morgan fingerprint density at radius 3 is 2.36 bits per heavy atom. The summed E-state index contributed by atoms with van der Waals surface area (Å²) < 4.78 is 26.1. The molecule has 9 heteroatoms. The van der Waals surface area contributed by atoms with E-state index in [2.05, 4.69) is 10.6 Å². The first kappa shape index (κ1) is 20.6. The molecular formula is C13H22ClN3O4S. The molecule has 0 spiro atoms. The van der Waals surface area contributed by atoms with Crippen LogP contribution in [0.5, 0.6) is 5.75 Å². The Morgan fingerprint density at radius 2 is 1.86 bits per heavy atom. The van der Waals surface area contributed by atoms with Gasteiger partial charge in [0.05, 0.1) is 17.1 Å². The maximum absolute atomic E-state index is 12.4. The second-order valence-electron chi connectivity index (χ2n) is 4.35. The first-order valence-corrected chi connectivity index (χ1v) is 8.08. The van der Waals surface area contributed by atoms with Crippen LogP contribution in [0, 0.1) is 0 Å². The number of benzene rings is 1. The van der Waals surface area contributed by atoms with Crippen molar-refractivity contribution >= 4 is 34.0 Å². The summed E-state index contributed by atoms with van der Waals surface area (Å²) in [6.45, 7) is 4.25. The normalized spacial score (nSPS) is 11.1. The maximum Gasteiger partial charge on any atom is 0.243 e. The van der Waals surface area contributed by atoms with Gasteiger partial charge in [0, 0.05) is 13.1 Å². The number of likely N-dealkylation sites (N-methyl/N-ethyl adjacent to an activating group) is 1. The molecule has 0 radical (unpaired) electrons. The van der Waals surface area contributed by atoms with E-state index in [1.165, 1.54) is 22.5 Å². The van der Waals surface area contributed by atoms with Crippen molar-refractivity contribution in [3.63, 3.8) is 0 Å². The molecule has 1 aromatic rings. The van der Waals surface area contributed by atoms with Gasteiger partial charge in [-0.2, -0.15) is 4.31 Å². The summed E-state index contributed by atoms with van der Waals surface area (Å²) >= 11 is 0. The molecule has 0 bridgehead atoms. The van der Waals surface area contributed by atoms with Gasteiger partial charge in [-0.25, -0.2) is 8.42 Å². The van der Waals surface area contributed by atoms with Crippen LogP contribution in [0.4, 0.5) is 5.69 Å². The van der Waals surface area contributed by atoms with Crippen LogP contribution in [0.2, 0.25) is 0 Å². The zero-order valence-corrected chi connectivity index (χ0v) is 14.4. The van der Waals surface area contributed by atoms with Gasteiger partial charge in [-0.3, -0.25) is 4.79 Å². The highest BCUT2D eigenvalue weighted by Gasteiger charge is 2.22. The average Bonchev–Trinajstić information content (AvgIpc) is 2.42. The third-order valence-electron chi connectivity index (χ3n) is 2.92. The van der Waals surface area contributed by atoms with Gasteiger partial charge in [0.25, 0.3) is 0 Å². The number of rotatable bonds is 7. The lowest BCUT2D eigenvalue weighted by Crippen LogP contribution is -2.30. The molecule has 1 aromatic carbocycles. The second kappa shape index (κ2) is 8.94. The van der Waals surface area contributed by atoms with Crippen molar-refractivity contribution in [1.29, 1.82) is 0 Å². The van der Waals surface area contributed by atoms with Gasteiger partial charge in [-0.1, -0.05) is 13.8 Å². The van der Waals surface area contributed by atoms with Gasteiger partial charge in [0.2, 0.25) is 15.9 Å². The first-order valence-electron chi connectivity index (χ1n) is 6.64. The quantitative estimate of drug-likeness (QED) is 0.636. The third-order valence-corrected chi connectivity index (χ3v) is 4.97. The summed E-state index contributed by atoms with van der Waals surface area (Å²) in [7, 11) is -2.02. The van der Waals surface area contributed by atoms with Gasteiger partial charge < -0.3 is 15.7 Å². The summed E-state index contributed by atoms with van der Waals surface area (Å²) in [6.07, 6.45) is 0. The van der Waals surface area contributed by atoms with Crippen LogP contribution >= 0.6 is 12.4 Å². The number of nitrogens with zero attached hydrogens (tertiary/aromatic N) is 1. The van der Waals surface area contributed by atoms with Gasteiger partial charge in [0.1, 0.15) is 5.75 Å². The molecule has 0 aliphatic carbocycles. The molecule has 0 aromatic heterocycles. The van der Waals surface area contributed by atoms with Crippen molar-refractivity contribution < 1.29 is 18.3 Å². The molecule has 0 aliphatic heterocycles. The number of phenolic OH excluding ortho intramolecular Hbond substituents is 1. The van der Waals surface area contributed by atoms with Crippen LogP contribution in [-0.4, -0.2) is 50.4 Å². The fourth-order valence-electron chi connectivity index (χ4n) is 1.84. The SMILES string of the molecule is CCN(CC)S(=O)(=O)c1ccc(O)c(NC(=O)CNC)c1.Cl. The maximum atomic E-state index is 12.4. The largest absolute Gasteiger partial charge is 0.506 e. The van der Waals surface area contributed by atoms with E-state index in [0.717, 1.165) is 0 Å². The number of aromatic hydroxyl groups is 1. The lowest BCUT2D eigenvalue weighted by molar-refractivity contribution is -0.115. The number of hydrogen-bond donors (Lipinski definition) is 3. The molecule has 126 valence electrons. The molecule has 0 saturated carbocycles. The van der Waals surface area contributed by atoms with Crippen molar-refractivity contribution in [2.24, 2.45) is 0 Å². The number of amides is 1. The Labute approximate surface area is 137 Å². The topological polar surface area (TPSA) is 98.7 Å². The van der Waals surface area contributed by atoms with E-state index >= 15 is 0 Å². The Balaban J connectivity index is 0.00000441. The van der Waals surface area contributed by atoms with Gasteiger partial charge in [0.15, 0.2) is 0 Å². The Bertz CT molecular complexity index is 603. The number of sulfonamides is 1. The van der Waals surface area contributed by atoms with Gasteiger partial charge >= 0.3 is 0 Å². The zero-order valence-electron chi connectivity index (χ0n) is 12.8. The summed E-state index contributed by atoms with van der Waals surface area (Å²) in [6, 6.07) is 3.83. The molecule has 7 nitrogen and oxygen atoms in total. The number of phenols is 1. The predicted molar refractivity (Wildman–Crippen MR) is 88.0 cm³/mol. The van der Waals surface area contributed by atoms with E-state index in [0.29, 0.717) is 13.1 Å². The van der Waals surface area contributed by atoms with Crippen molar-refractivity contribution in [2.75, 3.05) is 32.0 Å². The summed E-state index contributed by atoms with van der Waals surface area (Å²) in [5.74, 6) is -0.553. The highest BCUT2D eigenvalue weighted by atomic mass is 35.5. The smallest absolute Gasteiger partial charge is 0.243 e. The van der Waals surface area contributed by atoms with E-state index in [4.69, 9.17) is 0 Å². The molecule has 1 amide bonds. The third kappa shape index (κ3) is 4.84. The lowest BCUT2D eigenvalue weighted by atomic mass is 10.3. The predicted octanol–water partition coefficient (Wildman–Crippen LogP) is 1.00. The van der Waals surface area contributed by atoms with Crippen LogP contribution in [0.25, 0.3) is 0 Å². The Kier molecular flexibility index (Phi) is 8.39. The lowest BCUT2D eigenvalue weighted by Gasteiger charge is -2.19. The van der Waals surface area contributed by atoms with Crippen LogP contribution in [0.15, 0.2) is 23.1 Å². The standard InChI is InChI=1S/C13H21N3O4S.ClH/c1-4-16(5-2)21(19,20)10-6-7-12(17)11(8-10)15-13(18)9-14-3;/h6-8,14,17H,4-5,9H2,1-3H3,(H,15,18);1H. The fraction of sp³-hybridized carbons (Fsp3) is 0.462. The van der Waals surface area contributed by atoms with E-state index in [9.17, 15) is 18.3 Å². The van der Waals surface area contributed by atoms with Gasteiger partial charge in [-0.05, 0) is 25.2 Å². The van der Waals surface area contributed by atoms with Gasteiger partial charge in [-0.15, -0.1) is 12.4 Å². The van der Waals surface area contributed by atoms with E-state index < -0.39 is 10.0 Å². The van der Waals surface area contributed by atoms with Crippen LogP contribution in [-0.2, 0) is 14.8 Å². The van der Waals surface area contributed by atoms with Crippen molar-refractivity contribution in [2.45, 2.75) is 18.7 Å². The molecule has 3 N–H and O–H groups in total. The number of halogens is 1. The van der Waals surface area contributed by atoms with Crippen molar-refractivity contribution in [1.82, 2.24) is 9.62 Å². The molecule has 0 unspecified atom stereocenters. The van der Waals surface area contributed by atoms with Crippen LogP contribution in [0.1, 0.15) is 13.8 Å². The molecule has 22 heavy (non-hydrogen) atoms. The summed E-state index contributed by atoms with van der Waals surface area (Å²) in [4.78, 5) is 11.6. The molecule has 1 rings (SSSR count). The number of carbonyl (C=O) groups excluding carboxylic acids is 1.